The maximum absolute atomic E-state index is 5.90. The zero-order chi connectivity index (χ0) is 11.1. The highest BCUT2D eigenvalue weighted by atomic mass is 35.5. The number of hydrogen-bond donors (Lipinski definition) is 0. The number of pyridine rings is 1. The largest absolute Gasteiger partial charge is 0.301 e. The van der Waals surface area contributed by atoms with E-state index in [0.29, 0.717) is 0 Å². The first-order valence-electron chi connectivity index (χ1n) is 5.51. The Hall–Kier alpha value is -0.600. The SMILES string of the molecule is CCCCCN(C)Cc1cc(Cl)ccn1. The van der Waals surface area contributed by atoms with Gasteiger partial charge >= 0.3 is 0 Å². The standard InChI is InChI=1S/C12H19ClN2/c1-3-4-5-8-15(2)10-12-9-11(13)6-7-14-12/h6-7,9H,3-5,8,10H2,1-2H3. The maximum Gasteiger partial charge on any atom is 0.0558 e. The van der Waals surface area contributed by atoms with E-state index in [4.69, 9.17) is 11.6 Å². The number of halogens is 1. The molecule has 2 nitrogen and oxygen atoms in total. The van der Waals surface area contributed by atoms with Gasteiger partial charge in [-0.05, 0) is 32.1 Å². The van der Waals surface area contributed by atoms with Gasteiger partial charge in [0.2, 0.25) is 0 Å². The predicted octanol–water partition coefficient (Wildman–Crippen LogP) is 3.36. The lowest BCUT2D eigenvalue weighted by atomic mass is 10.2. The summed E-state index contributed by atoms with van der Waals surface area (Å²) in [5.41, 5.74) is 1.04. The number of aromatic nitrogens is 1. The summed E-state index contributed by atoms with van der Waals surface area (Å²) in [6, 6.07) is 3.74. The molecule has 0 amide bonds. The van der Waals surface area contributed by atoms with Crippen LogP contribution in [0.3, 0.4) is 0 Å². The van der Waals surface area contributed by atoms with Crippen molar-refractivity contribution in [3.63, 3.8) is 0 Å². The number of rotatable bonds is 6. The molecular formula is C12H19ClN2. The third-order valence-corrected chi connectivity index (χ3v) is 2.59. The molecule has 0 bridgehead atoms. The molecule has 0 saturated heterocycles. The fourth-order valence-corrected chi connectivity index (χ4v) is 1.70. The average molecular weight is 227 g/mol. The lowest BCUT2D eigenvalue weighted by Crippen LogP contribution is -2.19. The van der Waals surface area contributed by atoms with Crippen LogP contribution in [0.25, 0.3) is 0 Å². The van der Waals surface area contributed by atoms with Gasteiger partial charge < -0.3 is 4.90 Å². The van der Waals surface area contributed by atoms with Crippen LogP contribution in [0.2, 0.25) is 5.02 Å². The Bertz CT molecular complexity index is 289. The first-order chi connectivity index (χ1) is 7.22. The third-order valence-electron chi connectivity index (χ3n) is 2.35. The summed E-state index contributed by atoms with van der Waals surface area (Å²) in [6.45, 7) is 4.23. The van der Waals surface area contributed by atoms with Crippen LogP contribution in [-0.2, 0) is 6.54 Å². The van der Waals surface area contributed by atoms with Gasteiger partial charge in [-0.15, -0.1) is 0 Å². The van der Waals surface area contributed by atoms with Crippen LogP contribution in [0.5, 0.6) is 0 Å². The minimum atomic E-state index is 0.766. The van der Waals surface area contributed by atoms with Gasteiger partial charge in [0.25, 0.3) is 0 Å². The van der Waals surface area contributed by atoms with E-state index < -0.39 is 0 Å². The van der Waals surface area contributed by atoms with Gasteiger partial charge in [0.15, 0.2) is 0 Å². The highest BCUT2D eigenvalue weighted by Gasteiger charge is 2.01. The molecule has 0 aliphatic carbocycles. The molecule has 84 valence electrons. The second-order valence-electron chi connectivity index (χ2n) is 3.91. The van der Waals surface area contributed by atoms with Crippen LogP contribution < -0.4 is 0 Å². The van der Waals surface area contributed by atoms with Gasteiger partial charge in [0.05, 0.1) is 5.69 Å². The van der Waals surface area contributed by atoms with E-state index in [1.165, 1.54) is 19.3 Å². The Morgan fingerprint density at radius 2 is 2.20 bits per heavy atom. The van der Waals surface area contributed by atoms with Crippen LogP contribution in [0, 0.1) is 0 Å². The summed E-state index contributed by atoms with van der Waals surface area (Å²) in [5, 5.41) is 0.766. The van der Waals surface area contributed by atoms with E-state index in [-0.39, 0.29) is 0 Å². The minimum Gasteiger partial charge on any atom is -0.301 e. The van der Waals surface area contributed by atoms with E-state index in [2.05, 4.69) is 23.9 Å². The summed E-state index contributed by atoms with van der Waals surface area (Å²) >= 11 is 5.90. The quantitative estimate of drug-likeness (QED) is 0.692. The highest BCUT2D eigenvalue weighted by Crippen LogP contribution is 2.09. The smallest absolute Gasteiger partial charge is 0.0558 e. The topological polar surface area (TPSA) is 16.1 Å². The van der Waals surface area contributed by atoms with E-state index >= 15 is 0 Å². The van der Waals surface area contributed by atoms with Crippen molar-refractivity contribution in [1.82, 2.24) is 9.88 Å². The van der Waals surface area contributed by atoms with E-state index in [9.17, 15) is 0 Å². The van der Waals surface area contributed by atoms with Gasteiger partial charge in [-0.3, -0.25) is 4.98 Å². The molecule has 0 N–H and O–H groups in total. The molecule has 1 rings (SSSR count). The molecule has 0 radical (unpaired) electrons. The lowest BCUT2D eigenvalue weighted by Gasteiger charge is -2.15. The molecule has 0 aliphatic rings. The van der Waals surface area contributed by atoms with E-state index in [1.54, 1.807) is 6.20 Å². The molecule has 0 aliphatic heterocycles. The molecule has 3 heteroatoms. The molecular weight excluding hydrogens is 208 g/mol. The monoisotopic (exact) mass is 226 g/mol. The van der Waals surface area contributed by atoms with Crippen LogP contribution >= 0.6 is 11.6 Å². The summed E-state index contributed by atoms with van der Waals surface area (Å²) in [5.74, 6) is 0. The van der Waals surface area contributed by atoms with E-state index in [1.807, 2.05) is 12.1 Å². The Balaban J connectivity index is 2.34. The molecule has 0 fully saturated rings. The molecule has 0 atom stereocenters. The highest BCUT2D eigenvalue weighted by molar-refractivity contribution is 6.30. The summed E-state index contributed by atoms with van der Waals surface area (Å²) in [4.78, 5) is 6.57. The molecule has 15 heavy (non-hydrogen) atoms. The first kappa shape index (κ1) is 12.5. The van der Waals surface area contributed by atoms with Crippen molar-refractivity contribution in [2.45, 2.75) is 32.7 Å². The first-order valence-corrected chi connectivity index (χ1v) is 5.89. The van der Waals surface area contributed by atoms with Crippen molar-refractivity contribution in [2.24, 2.45) is 0 Å². The van der Waals surface area contributed by atoms with Crippen molar-refractivity contribution < 1.29 is 0 Å². The molecule has 0 saturated carbocycles. The summed E-state index contributed by atoms with van der Waals surface area (Å²) < 4.78 is 0. The second-order valence-corrected chi connectivity index (χ2v) is 4.35. The average Bonchev–Trinajstić information content (AvgIpc) is 2.18. The molecule has 0 spiro atoms. The van der Waals surface area contributed by atoms with Gasteiger partial charge in [-0.1, -0.05) is 31.4 Å². The van der Waals surface area contributed by atoms with Gasteiger partial charge in [0.1, 0.15) is 0 Å². The molecule has 0 aromatic carbocycles. The Morgan fingerprint density at radius 3 is 2.87 bits per heavy atom. The zero-order valence-electron chi connectivity index (χ0n) is 9.54. The third kappa shape index (κ3) is 5.14. The van der Waals surface area contributed by atoms with Gasteiger partial charge in [-0.25, -0.2) is 0 Å². The zero-order valence-corrected chi connectivity index (χ0v) is 10.3. The van der Waals surface area contributed by atoms with Crippen molar-refractivity contribution in [1.29, 1.82) is 0 Å². The molecule has 1 aromatic rings. The Labute approximate surface area is 97.3 Å². The van der Waals surface area contributed by atoms with Crippen molar-refractivity contribution in [2.75, 3.05) is 13.6 Å². The lowest BCUT2D eigenvalue weighted by molar-refractivity contribution is 0.314. The summed E-state index contributed by atoms with van der Waals surface area (Å²) in [7, 11) is 2.12. The van der Waals surface area contributed by atoms with Crippen molar-refractivity contribution >= 4 is 11.6 Å². The van der Waals surface area contributed by atoms with Crippen LogP contribution in [0.15, 0.2) is 18.3 Å². The fraction of sp³-hybridized carbons (Fsp3) is 0.583. The van der Waals surface area contributed by atoms with Crippen LogP contribution in [0.4, 0.5) is 0 Å². The summed E-state index contributed by atoms with van der Waals surface area (Å²) in [6.07, 6.45) is 5.59. The maximum atomic E-state index is 5.90. The second kappa shape index (κ2) is 6.81. The van der Waals surface area contributed by atoms with Crippen LogP contribution in [0.1, 0.15) is 31.9 Å². The molecule has 0 unspecified atom stereocenters. The predicted molar refractivity (Wildman–Crippen MR) is 65.1 cm³/mol. The van der Waals surface area contributed by atoms with Crippen LogP contribution in [-0.4, -0.2) is 23.5 Å². The van der Waals surface area contributed by atoms with E-state index in [0.717, 1.165) is 23.8 Å². The number of unbranched alkanes of at least 4 members (excludes halogenated alkanes) is 2. The van der Waals surface area contributed by atoms with Crippen molar-refractivity contribution in [3.8, 4) is 0 Å². The normalized spacial score (nSPS) is 10.9. The molecule has 1 heterocycles. The van der Waals surface area contributed by atoms with Gasteiger partial charge in [-0.2, -0.15) is 0 Å². The fourth-order valence-electron chi connectivity index (χ4n) is 1.52. The number of hydrogen-bond acceptors (Lipinski definition) is 2. The van der Waals surface area contributed by atoms with Crippen molar-refractivity contribution in [3.05, 3.63) is 29.0 Å². The number of nitrogens with zero attached hydrogens (tertiary/aromatic N) is 2. The Kier molecular flexibility index (Phi) is 5.66. The minimum absolute atomic E-state index is 0.766. The molecule has 1 aromatic heterocycles. The Morgan fingerprint density at radius 1 is 1.40 bits per heavy atom. The van der Waals surface area contributed by atoms with Gasteiger partial charge in [0, 0.05) is 17.8 Å².